The van der Waals surface area contributed by atoms with Crippen molar-refractivity contribution in [2.24, 2.45) is 0 Å². The topological polar surface area (TPSA) is 35.0 Å². The van der Waals surface area contributed by atoms with Gasteiger partial charge < -0.3 is 4.74 Å². The molecule has 0 fully saturated rings. The van der Waals surface area contributed by atoms with E-state index in [9.17, 15) is 0 Å². The van der Waals surface area contributed by atoms with Gasteiger partial charge >= 0.3 is 0 Å². The predicted molar refractivity (Wildman–Crippen MR) is 87.3 cm³/mol. The van der Waals surface area contributed by atoms with Crippen LogP contribution >= 0.6 is 22.9 Å². The van der Waals surface area contributed by atoms with Crippen molar-refractivity contribution < 1.29 is 4.74 Å². The number of aromatic nitrogens is 2. The Hall–Kier alpha value is -1.65. The first-order chi connectivity index (χ1) is 10.3. The van der Waals surface area contributed by atoms with Crippen LogP contribution in [0.15, 0.2) is 41.8 Å². The summed E-state index contributed by atoms with van der Waals surface area (Å²) >= 11 is 7.73. The van der Waals surface area contributed by atoms with Crippen molar-refractivity contribution in [3.05, 3.63) is 52.8 Å². The molecule has 0 aliphatic carbocycles. The van der Waals surface area contributed by atoms with E-state index in [1.807, 2.05) is 41.8 Å². The molecule has 0 amide bonds. The molecule has 0 atom stereocenters. The molecule has 0 bridgehead atoms. The van der Waals surface area contributed by atoms with Gasteiger partial charge in [0.2, 0.25) is 0 Å². The number of hydrogen-bond donors (Lipinski definition) is 0. The number of benzene rings is 1. The fourth-order valence-corrected chi connectivity index (χ4v) is 3.12. The minimum Gasteiger partial charge on any atom is -0.494 e. The van der Waals surface area contributed by atoms with E-state index in [4.69, 9.17) is 16.3 Å². The third kappa shape index (κ3) is 3.71. The Bertz CT molecular complexity index is 715. The van der Waals surface area contributed by atoms with Gasteiger partial charge in [-0.1, -0.05) is 29.8 Å². The summed E-state index contributed by atoms with van der Waals surface area (Å²) in [4.78, 5) is 8.88. The quantitative estimate of drug-likeness (QED) is 0.486. The van der Waals surface area contributed by atoms with Gasteiger partial charge in [-0.2, -0.15) is 0 Å². The van der Waals surface area contributed by atoms with Gasteiger partial charge in [0.15, 0.2) is 5.15 Å². The lowest BCUT2D eigenvalue weighted by molar-refractivity contribution is 0.306. The summed E-state index contributed by atoms with van der Waals surface area (Å²) in [5, 5.41) is 2.55. The summed E-state index contributed by atoms with van der Waals surface area (Å²) in [5.74, 6) is 1.72. The number of para-hydroxylation sites is 1. The Morgan fingerprint density at radius 2 is 1.90 bits per heavy atom. The molecule has 3 aromatic rings. The zero-order valence-electron chi connectivity index (χ0n) is 11.5. The summed E-state index contributed by atoms with van der Waals surface area (Å²) < 4.78 is 6.63. The standard InChI is InChI=1S/C16H15ClN2OS/c17-16-15-13(9-11-21-15)18-14(19-16)8-4-5-10-20-12-6-2-1-3-7-12/h1-3,6-7,9,11H,4-5,8,10H2. The van der Waals surface area contributed by atoms with Crippen molar-refractivity contribution in [1.29, 1.82) is 0 Å². The van der Waals surface area contributed by atoms with Crippen LogP contribution in [0.5, 0.6) is 5.75 Å². The molecule has 0 aliphatic rings. The third-order valence-electron chi connectivity index (χ3n) is 3.12. The molecule has 21 heavy (non-hydrogen) atoms. The van der Waals surface area contributed by atoms with Crippen LogP contribution < -0.4 is 4.74 Å². The van der Waals surface area contributed by atoms with Gasteiger partial charge in [0.25, 0.3) is 0 Å². The van der Waals surface area contributed by atoms with Crippen LogP contribution in [0.3, 0.4) is 0 Å². The fraction of sp³-hybridized carbons (Fsp3) is 0.250. The average molecular weight is 319 g/mol. The van der Waals surface area contributed by atoms with E-state index in [-0.39, 0.29) is 0 Å². The summed E-state index contributed by atoms with van der Waals surface area (Å²) in [7, 11) is 0. The Morgan fingerprint density at radius 1 is 1.05 bits per heavy atom. The van der Waals surface area contributed by atoms with E-state index < -0.39 is 0 Å². The molecule has 108 valence electrons. The minimum atomic E-state index is 0.561. The second kappa shape index (κ2) is 6.87. The number of nitrogens with zero attached hydrogens (tertiary/aromatic N) is 2. The van der Waals surface area contributed by atoms with Gasteiger partial charge in [0.05, 0.1) is 16.8 Å². The van der Waals surface area contributed by atoms with E-state index >= 15 is 0 Å². The van der Waals surface area contributed by atoms with E-state index in [2.05, 4.69) is 9.97 Å². The molecule has 2 aromatic heterocycles. The largest absolute Gasteiger partial charge is 0.494 e. The lowest BCUT2D eigenvalue weighted by Crippen LogP contribution is -2.00. The highest BCUT2D eigenvalue weighted by Gasteiger charge is 2.06. The lowest BCUT2D eigenvalue weighted by Gasteiger charge is -2.05. The highest BCUT2D eigenvalue weighted by molar-refractivity contribution is 7.17. The van der Waals surface area contributed by atoms with E-state index in [1.54, 1.807) is 11.3 Å². The van der Waals surface area contributed by atoms with E-state index in [1.165, 1.54) is 0 Å². The Morgan fingerprint density at radius 3 is 2.76 bits per heavy atom. The normalized spacial score (nSPS) is 10.9. The second-order valence-electron chi connectivity index (χ2n) is 4.68. The van der Waals surface area contributed by atoms with Gasteiger partial charge in [-0.15, -0.1) is 11.3 Å². The van der Waals surface area contributed by atoms with Crippen LogP contribution in [0.2, 0.25) is 5.15 Å². The third-order valence-corrected chi connectivity index (χ3v) is 4.41. The molecular weight excluding hydrogens is 304 g/mol. The number of fused-ring (bicyclic) bond motifs is 1. The van der Waals surface area contributed by atoms with Crippen molar-refractivity contribution in [2.75, 3.05) is 6.61 Å². The molecule has 5 heteroatoms. The number of thiophene rings is 1. The number of halogens is 1. The first kappa shape index (κ1) is 14.3. The summed E-state index contributed by atoms with van der Waals surface area (Å²) in [6.07, 6.45) is 2.78. The van der Waals surface area contributed by atoms with E-state index in [0.717, 1.165) is 41.1 Å². The zero-order valence-corrected chi connectivity index (χ0v) is 13.0. The molecule has 2 heterocycles. The first-order valence-corrected chi connectivity index (χ1v) is 8.16. The van der Waals surface area contributed by atoms with Crippen molar-refractivity contribution in [1.82, 2.24) is 9.97 Å². The SMILES string of the molecule is Clc1nc(CCCCOc2ccccc2)nc2ccsc12. The van der Waals surface area contributed by atoms with Gasteiger partial charge in [-0.05, 0) is 36.4 Å². The number of aryl methyl sites for hydroxylation is 1. The molecule has 0 radical (unpaired) electrons. The van der Waals surface area contributed by atoms with Crippen molar-refractivity contribution in [3.8, 4) is 5.75 Å². The molecule has 0 saturated heterocycles. The monoisotopic (exact) mass is 318 g/mol. The smallest absolute Gasteiger partial charge is 0.150 e. The molecule has 3 nitrogen and oxygen atoms in total. The van der Waals surface area contributed by atoms with Crippen molar-refractivity contribution >= 4 is 33.2 Å². The van der Waals surface area contributed by atoms with Gasteiger partial charge in [0, 0.05) is 6.42 Å². The van der Waals surface area contributed by atoms with Crippen LogP contribution in [-0.2, 0) is 6.42 Å². The zero-order chi connectivity index (χ0) is 14.5. The number of hydrogen-bond acceptors (Lipinski definition) is 4. The molecule has 0 saturated carbocycles. The van der Waals surface area contributed by atoms with Crippen LogP contribution in [0.1, 0.15) is 18.7 Å². The maximum Gasteiger partial charge on any atom is 0.150 e. The Balaban J connectivity index is 1.48. The molecule has 0 aliphatic heterocycles. The molecular formula is C16H15ClN2OS. The molecule has 0 spiro atoms. The van der Waals surface area contributed by atoms with Crippen molar-refractivity contribution in [2.45, 2.75) is 19.3 Å². The fourth-order valence-electron chi connectivity index (χ4n) is 2.08. The second-order valence-corrected chi connectivity index (χ2v) is 5.96. The summed E-state index contributed by atoms with van der Waals surface area (Å²) in [5.41, 5.74) is 0.940. The molecule has 3 rings (SSSR count). The molecule has 0 N–H and O–H groups in total. The van der Waals surface area contributed by atoms with Gasteiger partial charge in [-0.25, -0.2) is 9.97 Å². The van der Waals surface area contributed by atoms with E-state index in [0.29, 0.717) is 11.8 Å². The Labute approximate surface area is 132 Å². The number of unbranched alkanes of at least 4 members (excludes halogenated alkanes) is 1. The van der Waals surface area contributed by atoms with Crippen LogP contribution in [0, 0.1) is 0 Å². The number of rotatable bonds is 6. The minimum absolute atomic E-state index is 0.561. The van der Waals surface area contributed by atoms with Crippen LogP contribution in [-0.4, -0.2) is 16.6 Å². The highest BCUT2D eigenvalue weighted by Crippen LogP contribution is 2.25. The van der Waals surface area contributed by atoms with Crippen molar-refractivity contribution in [3.63, 3.8) is 0 Å². The maximum absolute atomic E-state index is 6.16. The molecule has 1 aromatic carbocycles. The van der Waals surface area contributed by atoms with Crippen LogP contribution in [0.25, 0.3) is 10.2 Å². The molecule has 0 unspecified atom stereocenters. The Kier molecular flexibility index (Phi) is 4.68. The predicted octanol–water partition coefficient (Wildman–Crippen LogP) is 4.75. The lowest BCUT2D eigenvalue weighted by atomic mass is 10.2. The van der Waals surface area contributed by atoms with Gasteiger partial charge in [0.1, 0.15) is 11.6 Å². The summed E-state index contributed by atoms with van der Waals surface area (Å²) in [6, 6.07) is 11.8. The number of ether oxygens (including phenoxy) is 1. The average Bonchev–Trinajstić information content (AvgIpc) is 2.97. The summed E-state index contributed by atoms with van der Waals surface area (Å²) in [6.45, 7) is 0.707. The maximum atomic E-state index is 6.16. The van der Waals surface area contributed by atoms with Gasteiger partial charge in [-0.3, -0.25) is 0 Å². The highest BCUT2D eigenvalue weighted by atomic mass is 35.5. The van der Waals surface area contributed by atoms with Crippen LogP contribution in [0.4, 0.5) is 0 Å². The first-order valence-electron chi connectivity index (χ1n) is 6.90.